The molecule has 2 rings (SSSR count). The van der Waals surface area contributed by atoms with Crippen LogP contribution in [0.4, 0.5) is 0 Å². The number of benzene rings is 1. The van der Waals surface area contributed by atoms with Crippen molar-refractivity contribution in [2.24, 2.45) is 0 Å². The fourth-order valence-electron chi connectivity index (χ4n) is 2.18. The number of hydrogen-bond acceptors (Lipinski definition) is 8. The number of aryl methyl sites for hydroxylation is 1. The number of aliphatic hydroxyl groups is 3. The van der Waals surface area contributed by atoms with Gasteiger partial charge < -0.3 is 20.1 Å². The van der Waals surface area contributed by atoms with Crippen LogP contribution in [0.3, 0.4) is 0 Å². The summed E-state index contributed by atoms with van der Waals surface area (Å²) in [5, 5.41) is 29.4. The van der Waals surface area contributed by atoms with E-state index < -0.39 is 46.6 Å². The Labute approximate surface area is 139 Å². The molecule has 1 aromatic carbocycles. The van der Waals surface area contributed by atoms with E-state index in [1.807, 2.05) is 6.92 Å². The van der Waals surface area contributed by atoms with Gasteiger partial charge in [0.15, 0.2) is 0 Å². The minimum atomic E-state index is -4.00. The Kier molecular flexibility index (Phi) is 6.06. The third-order valence-corrected chi connectivity index (χ3v) is 5.75. The fourth-order valence-corrected chi connectivity index (χ4v) is 3.79. The lowest BCUT2D eigenvalue weighted by Gasteiger charge is -2.39. The highest BCUT2D eigenvalue weighted by atomic mass is 32.2. The zero-order chi connectivity index (χ0) is 17.2. The first-order valence-electron chi connectivity index (χ1n) is 6.95. The summed E-state index contributed by atoms with van der Waals surface area (Å²) in [5.41, 5.74) is 0.138. The van der Waals surface area contributed by atoms with Crippen molar-refractivity contribution in [1.82, 2.24) is 0 Å². The maximum Gasteiger partial charge on any atom is 0.297 e. The lowest BCUT2D eigenvalue weighted by atomic mass is 10.0. The van der Waals surface area contributed by atoms with Crippen LogP contribution >= 0.6 is 11.8 Å². The Hall–Kier alpha value is -0.680. The van der Waals surface area contributed by atoms with Crippen LogP contribution in [0.25, 0.3) is 0 Å². The number of thioether (sulfide) groups is 1. The van der Waals surface area contributed by atoms with Crippen LogP contribution in [0.5, 0.6) is 0 Å². The molecule has 1 aromatic rings. The molecule has 1 saturated heterocycles. The van der Waals surface area contributed by atoms with Gasteiger partial charge in [-0.15, -0.1) is 11.8 Å². The van der Waals surface area contributed by atoms with Crippen molar-refractivity contribution in [3.63, 3.8) is 0 Å². The SMILES string of the molecule is CS[C@@H]1O[C@H](COS(=O)(=O)c2ccc(C)cc2)[C@H](O)[C@@H](O)[C@@H]1O. The Morgan fingerprint density at radius 1 is 1.13 bits per heavy atom. The molecule has 0 spiro atoms. The molecule has 0 saturated carbocycles. The van der Waals surface area contributed by atoms with Crippen molar-refractivity contribution in [1.29, 1.82) is 0 Å². The standard InChI is InChI=1S/C14H20O7S2/c1-8-3-5-9(6-4-8)23(18,19)20-7-10-11(15)12(16)13(17)14(21-10)22-2/h3-6,10-17H,7H2,1-2H3/t10-,11+,12-,13+,14+/m1/s1. The highest BCUT2D eigenvalue weighted by molar-refractivity contribution is 7.99. The molecule has 9 heteroatoms. The van der Waals surface area contributed by atoms with Gasteiger partial charge in [0, 0.05) is 0 Å². The van der Waals surface area contributed by atoms with Gasteiger partial charge in [-0.3, -0.25) is 4.18 Å². The molecule has 1 fully saturated rings. The Bertz CT molecular complexity index is 615. The van der Waals surface area contributed by atoms with Crippen molar-refractivity contribution >= 4 is 21.9 Å². The number of rotatable bonds is 5. The summed E-state index contributed by atoms with van der Waals surface area (Å²) in [6.07, 6.45) is -3.53. The smallest absolute Gasteiger partial charge is 0.297 e. The molecule has 7 nitrogen and oxygen atoms in total. The average molecular weight is 364 g/mol. The Morgan fingerprint density at radius 2 is 1.74 bits per heavy atom. The van der Waals surface area contributed by atoms with Gasteiger partial charge in [0.05, 0.1) is 11.5 Å². The highest BCUT2D eigenvalue weighted by Gasteiger charge is 2.43. The second-order valence-corrected chi connectivity index (χ2v) is 7.85. The second kappa shape index (κ2) is 7.47. The molecule has 1 heterocycles. The summed E-state index contributed by atoms with van der Waals surface area (Å²) in [4.78, 5) is -0.00426. The molecule has 1 aliphatic heterocycles. The second-order valence-electron chi connectivity index (χ2n) is 5.30. The van der Waals surface area contributed by atoms with Crippen molar-refractivity contribution in [3.8, 4) is 0 Å². The van der Waals surface area contributed by atoms with Gasteiger partial charge in [-0.05, 0) is 25.3 Å². The molecular formula is C14H20O7S2. The van der Waals surface area contributed by atoms with Gasteiger partial charge in [-0.1, -0.05) is 17.7 Å². The van der Waals surface area contributed by atoms with Gasteiger partial charge >= 0.3 is 0 Å². The maximum absolute atomic E-state index is 12.1. The maximum atomic E-state index is 12.1. The molecular weight excluding hydrogens is 344 g/mol. The molecule has 0 amide bonds. The summed E-state index contributed by atoms with van der Waals surface area (Å²) in [7, 11) is -4.00. The number of hydrogen-bond donors (Lipinski definition) is 3. The van der Waals surface area contributed by atoms with E-state index in [0.29, 0.717) is 0 Å². The molecule has 5 atom stereocenters. The Balaban J connectivity index is 2.05. The fraction of sp³-hybridized carbons (Fsp3) is 0.571. The first-order chi connectivity index (χ1) is 10.8. The lowest BCUT2D eigenvalue weighted by molar-refractivity contribution is -0.203. The van der Waals surface area contributed by atoms with Crippen molar-refractivity contribution in [2.75, 3.05) is 12.9 Å². The minimum Gasteiger partial charge on any atom is -0.387 e. The topological polar surface area (TPSA) is 113 Å². The van der Waals surface area contributed by atoms with Crippen molar-refractivity contribution in [3.05, 3.63) is 29.8 Å². The van der Waals surface area contributed by atoms with Crippen LogP contribution < -0.4 is 0 Å². The third-order valence-electron chi connectivity index (χ3n) is 3.60. The molecule has 130 valence electrons. The predicted molar refractivity (Wildman–Crippen MR) is 84.5 cm³/mol. The molecule has 0 bridgehead atoms. The van der Waals surface area contributed by atoms with E-state index in [1.165, 1.54) is 12.1 Å². The lowest BCUT2D eigenvalue weighted by Crippen LogP contribution is -2.57. The molecule has 23 heavy (non-hydrogen) atoms. The van der Waals surface area contributed by atoms with Crippen LogP contribution in [0.1, 0.15) is 5.56 Å². The largest absolute Gasteiger partial charge is 0.387 e. The quantitative estimate of drug-likeness (QED) is 0.620. The van der Waals surface area contributed by atoms with Gasteiger partial charge in [0.1, 0.15) is 29.9 Å². The number of ether oxygens (including phenoxy) is 1. The predicted octanol–water partition coefficient (Wildman–Crippen LogP) is -0.129. The molecule has 3 N–H and O–H groups in total. The summed E-state index contributed by atoms with van der Waals surface area (Å²) in [6.45, 7) is 1.37. The molecule has 0 unspecified atom stereocenters. The van der Waals surface area contributed by atoms with Crippen LogP contribution in [-0.2, 0) is 19.0 Å². The van der Waals surface area contributed by atoms with E-state index in [9.17, 15) is 23.7 Å². The molecule has 0 aromatic heterocycles. The average Bonchev–Trinajstić information content (AvgIpc) is 2.52. The summed E-state index contributed by atoms with van der Waals surface area (Å²) < 4.78 is 34.5. The van der Waals surface area contributed by atoms with Gasteiger partial charge in [-0.2, -0.15) is 8.42 Å². The molecule has 1 aliphatic rings. The van der Waals surface area contributed by atoms with Crippen LogP contribution in [0, 0.1) is 6.92 Å². The highest BCUT2D eigenvalue weighted by Crippen LogP contribution is 2.27. The van der Waals surface area contributed by atoms with Crippen LogP contribution in [-0.4, -0.2) is 66.5 Å². The third kappa shape index (κ3) is 4.24. The summed E-state index contributed by atoms with van der Waals surface area (Å²) in [6, 6.07) is 6.14. The first-order valence-corrected chi connectivity index (χ1v) is 9.64. The zero-order valence-corrected chi connectivity index (χ0v) is 14.3. The van der Waals surface area contributed by atoms with Gasteiger partial charge in [-0.25, -0.2) is 0 Å². The van der Waals surface area contributed by atoms with E-state index in [2.05, 4.69) is 0 Å². The van der Waals surface area contributed by atoms with Crippen molar-refractivity contribution < 1.29 is 32.7 Å². The summed E-state index contributed by atoms with van der Waals surface area (Å²) in [5.74, 6) is 0. The van der Waals surface area contributed by atoms with E-state index in [4.69, 9.17) is 8.92 Å². The molecule has 0 radical (unpaired) electrons. The van der Waals surface area contributed by atoms with Crippen molar-refractivity contribution in [2.45, 2.75) is 41.7 Å². The van der Waals surface area contributed by atoms with E-state index in [0.717, 1.165) is 17.3 Å². The monoisotopic (exact) mass is 364 g/mol. The Morgan fingerprint density at radius 3 is 2.30 bits per heavy atom. The van der Waals surface area contributed by atoms with Crippen LogP contribution in [0.2, 0.25) is 0 Å². The normalized spacial score (nSPS) is 32.0. The zero-order valence-electron chi connectivity index (χ0n) is 12.7. The van der Waals surface area contributed by atoms with E-state index in [-0.39, 0.29) is 4.90 Å². The first kappa shape index (κ1) is 18.7. The molecule has 0 aliphatic carbocycles. The van der Waals surface area contributed by atoms with E-state index in [1.54, 1.807) is 18.4 Å². The van der Waals surface area contributed by atoms with Gasteiger partial charge in [0.25, 0.3) is 10.1 Å². The van der Waals surface area contributed by atoms with Gasteiger partial charge in [0.2, 0.25) is 0 Å². The van der Waals surface area contributed by atoms with E-state index >= 15 is 0 Å². The minimum absolute atomic E-state index is 0.00426. The summed E-state index contributed by atoms with van der Waals surface area (Å²) >= 11 is 1.15. The van der Waals surface area contributed by atoms with Crippen LogP contribution in [0.15, 0.2) is 29.2 Å². The number of aliphatic hydroxyl groups excluding tert-OH is 3.